The highest BCUT2D eigenvalue weighted by Gasteiger charge is 2.28. The third kappa shape index (κ3) is 5.56. The van der Waals surface area contributed by atoms with Gasteiger partial charge in [0, 0.05) is 12.1 Å². The Morgan fingerprint density at radius 2 is 1.85 bits per heavy atom. The van der Waals surface area contributed by atoms with Gasteiger partial charge in [0.15, 0.2) is 0 Å². The van der Waals surface area contributed by atoms with Gasteiger partial charge in [-0.3, -0.25) is 10.1 Å². The number of carboxylic acid groups (broad SMARTS) is 1. The van der Waals surface area contributed by atoms with Gasteiger partial charge < -0.3 is 14.9 Å². The van der Waals surface area contributed by atoms with Gasteiger partial charge in [0.2, 0.25) is 0 Å². The second kappa shape index (κ2) is 11.9. The van der Waals surface area contributed by atoms with Crippen molar-refractivity contribution in [2.75, 3.05) is 6.61 Å². The molecule has 0 amide bonds. The molecule has 5 rings (SSSR count). The van der Waals surface area contributed by atoms with Gasteiger partial charge in [-0.2, -0.15) is 5.26 Å². The van der Waals surface area contributed by atoms with E-state index in [-0.39, 0.29) is 18.5 Å². The maximum atomic E-state index is 14.6. The van der Waals surface area contributed by atoms with Crippen molar-refractivity contribution in [3.63, 3.8) is 0 Å². The summed E-state index contributed by atoms with van der Waals surface area (Å²) in [6.07, 6.45) is 1.11. The largest absolute Gasteiger partial charge is 0.484 e. The summed E-state index contributed by atoms with van der Waals surface area (Å²) in [4.78, 5) is 11.4. The van der Waals surface area contributed by atoms with Gasteiger partial charge in [0.05, 0.1) is 23.3 Å². The van der Waals surface area contributed by atoms with E-state index in [1.54, 1.807) is 42.5 Å². The molecule has 0 fully saturated rings. The van der Waals surface area contributed by atoms with Crippen LogP contribution in [0.5, 0.6) is 5.75 Å². The minimum atomic E-state index is -1.17. The molecule has 4 aromatic carbocycles. The van der Waals surface area contributed by atoms with Crippen LogP contribution >= 0.6 is 11.6 Å². The lowest BCUT2D eigenvalue weighted by Crippen LogP contribution is -2.39. The van der Waals surface area contributed by atoms with Crippen LogP contribution in [0.15, 0.2) is 78.9 Å². The summed E-state index contributed by atoms with van der Waals surface area (Å²) >= 11 is 6.69. The summed E-state index contributed by atoms with van der Waals surface area (Å²) in [5.74, 6) is -1.01. The van der Waals surface area contributed by atoms with Gasteiger partial charge in [-0.25, -0.2) is 4.39 Å². The van der Waals surface area contributed by atoms with E-state index in [1.165, 1.54) is 6.07 Å². The Hall–Kier alpha value is -4.22. The molecule has 1 aliphatic carbocycles. The van der Waals surface area contributed by atoms with Crippen molar-refractivity contribution < 1.29 is 24.1 Å². The molecule has 0 heterocycles. The van der Waals surface area contributed by atoms with Crippen molar-refractivity contribution in [3.05, 3.63) is 112 Å². The van der Waals surface area contributed by atoms with Crippen LogP contribution in [0.3, 0.4) is 0 Å². The van der Waals surface area contributed by atoms with E-state index < -0.39 is 18.6 Å². The third-order valence-electron chi connectivity index (χ3n) is 7.13. The average Bonchev–Trinajstić information content (AvgIpc) is 3.37. The Morgan fingerprint density at radius 3 is 2.60 bits per heavy atom. The van der Waals surface area contributed by atoms with E-state index in [1.807, 2.05) is 30.3 Å². The van der Waals surface area contributed by atoms with Crippen molar-refractivity contribution in [2.45, 2.75) is 31.5 Å². The lowest BCUT2D eigenvalue weighted by molar-refractivity contribution is -0.140. The molecule has 8 heteroatoms. The molecule has 40 heavy (non-hydrogen) atoms. The maximum absolute atomic E-state index is 14.6. The fourth-order valence-electron chi connectivity index (χ4n) is 5.14. The number of carboxylic acids is 1. The number of aliphatic hydroxyl groups excluding tert-OH is 1. The number of ether oxygens (including phenoxy) is 1. The lowest BCUT2D eigenvalue weighted by Gasteiger charge is -2.20. The molecule has 0 unspecified atom stereocenters. The second-order valence-corrected chi connectivity index (χ2v) is 9.99. The Morgan fingerprint density at radius 1 is 1.07 bits per heavy atom. The van der Waals surface area contributed by atoms with Crippen LogP contribution in [0.2, 0.25) is 5.02 Å². The molecule has 0 spiro atoms. The fourth-order valence-corrected chi connectivity index (χ4v) is 5.37. The predicted molar refractivity (Wildman–Crippen MR) is 150 cm³/mol. The van der Waals surface area contributed by atoms with Crippen molar-refractivity contribution in [1.29, 1.82) is 5.26 Å². The van der Waals surface area contributed by atoms with Crippen LogP contribution < -0.4 is 10.1 Å². The van der Waals surface area contributed by atoms with Crippen LogP contribution in [0.1, 0.15) is 34.8 Å². The topological polar surface area (TPSA) is 103 Å². The molecular formula is C32H26ClFN2O4. The van der Waals surface area contributed by atoms with Crippen molar-refractivity contribution >= 4 is 17.6 Å². The van der Waals surface area contributed by atoms with Crippen LogP contribution in [-0.2, 0) is 17.8 Å². The summed E-state index contributed by atoms with van der Waals surface area (Å²) < 4.78 is 21.1. The second-order valence-electron chi connectivity index (χ2n) is 9.59. The molecule has 4 aromatic rings. The van der Waals surface area contributed by atoms with Crippen molar-refractivity contribution in [1.82, 2.24) is 5.32 Å². The molecule has 0 bridgehead atoms. The average molecular weight is 557 g/mol. The monoisotopic (exact) mass is 556 g/mol. The van der Waals surface area contributed by atoms with E-state index in [0.29, 0.717) is 39.4 Å². The number of benzene rings is 4. The number of rotatable bonds is 9. The van der Waals surface area contributed by atoms with Crippen LogP contribution in [0, 0.1) is 17.1 Å². The van der Waals surface area contributed by atoms with Crippen LogP contribution in [0.4, 0.5) is 4.39 Å². The number of halogens is 2. The first-order valence-corrected chi connectivity index (χ1v) is 13.2. The Bertz CT molecular complexity index is 1620. The van der Waals surface area contributed by atoms with E-state index >= 15 is 0 Å². The van der Waals surface area contributed by atoms with Crippen molar-refractivity contribution in [3.8, 4) is 34.1 Å². The first-order valence-electron chi connectivity index (χ1n) is 12.8. The minimum absolute atomic E-state index is 0.113. The number of hydrogen-bond acceptors (Lipinski definition) is 5. The van der Waals surface area contributed by atoms with Gasteiger partial charge in [0.1, 0.15) is 23.7 Å². The van der Waals surface area contributed by atoms with E-state index in [9.17, 15) is 24.7 Å². The summed E-state index contributed by atoms with van der Waals surface area (Å²) in [6.45, 7) is -0.457. The highest BCUT2D eigenvalue weighted by molar-refractivity contribution is 6.32. The molecule has 1 aliphatic rings. The molecule has 202 valence electrons. The van der Waals surface area contributed by atoms with Gasteiger partial charge in [-0.05, 0) is 76.6 Å². The number of fused-ring (bicyclic) bond motifs is 1. The lowest BCUT2D eigenvalue weighted by atomic mass is 9.96. The zero-order chi connectivity index (χ0) is 28.2. The summed E-state index contributed by atoms with van der Waals surface area (Å²) in [5, 5.41) is 31.4. The fraction of sp³-hybridized carbons (Fsp3) is 0.188. The number of aliphatic carboxylic acids is 1. The standard InChI is InChI=1S/C32H26ClFN2O4/c33-27-14-21(17-36-29(18-37)32(38)39)26(20-6-3-5-19(13-20)16-35)15-31(27)40-30-12-11-23-22(8-4-9-25(23)30)24-7-1-2-10-28(24)34/h1-10,13-15,29-30,36-37H,11-12,17-18H2,(H,38,39)/t29-,30-/m0/s1. The normalized spacial score (nSPS) is 14.8. The number of aliphatic hydroxyl groups is 1. The number of nitrogens with one attached hydrogen (secondary N) is 1. The highest BCUT2D eigenvalue weighted by atomic mass is 35.5. The Labute approximate surface area is 236 Å². The molecule has 0 aromatic heterocycles. The van der Waals surface area contributed by atoms with Gasteiger partial charge in [-0.15, -0.1) is 0 Å². The molecule has 0 saturated heterocycles. The quantitative estimate of drug-likeness (QED) is 0.224. The first kappa shape index (κ1) is 27.4. The smallest absolute Gasteiger partial charge is 0.323 e. The summed E-state index contributed by atoms with van der Waals surface area (Å²) in [6, 6.07) is 24.1. The predicted octanol–water partition coefficient (Wildman–Crippen LogP) is 6.29. The minimum Gasteiger partial charge on any atom is -0.484 e. The molecule has 0 radical (unpaired) electrons. The Balaban J connectivity index is 1.50. The zero-order valence-corrected chi connectivity index (χ0v) is 22.2. The maximum Gasteiger partial charge on any atom is 0.323 e. The molecule has 2 atom stereocenters. The van der Waals surface area contributed by atoms with E-state index in [0.717, 1.165) is 28.7 Å². The zero-order valence-electron chi connectivity index (χ0n) is 21.4. The number of nitriles is 1. The van der Waals surface area contributed by atoms with Crippen molar-refractivity contribution in [2.24, 2.45) is 0 Å². The molecule has 6 nitrogen and oxygen atoms in total. The highest BCUT2D eigenvalue weighted by Crippen LogP contribution is 2.43. The first-order chi connectivity index (χ1) is 19.4. The summed E-state index contributed by atoms with van der Waals surface area (Å²) in [7, 11) is 0. The Kier molecular flexibility index (Phi) is 8.13. The van der Waals surface area contributed by atoms with Crippen LogP contribution in [0.25, 0.3) is 22.3 Å². The van der Waals surface area contributed by atoms with E-state index in [4.69, 9.17) is 16.3 Å². The molecule has 3 N–H and O–H groups in total. The molecule has 0 aliphatic heterocycles. The van der Waals surface area contributed by atoms with Crippen LogP contribution in [-0.4, -0.2) is 28.8 Å². The third-order valence-corrected chi connectivity index (χ3v) is 7.42. The number of carbonyl (C=O) groups is 1. The molecule has 0 saturated carbocycles. The van der Waals surface area contributed by atoms with Gasteiger partial charge in [0.25, 0.3) is 0 Å². The number of nitrogens with zero attached hydrogens (tertiary/aromatic N) is 1. The SMILES string of the molecule is N#Cc1cccc(-c2cc(O[C@H]3CCc4c(-c5ccccc5F)cccc43)c(Cl)cc2CN[C@@H](CO)C(=O)O)c1. The molecular weight excluding hydrogens is 531 g/mol. The van der Waals surface area contributed by atoms with Gasteiger partial charge >= 0.3 is 5.97 Å². The number of hydrogen-bond donors (Lipinski definition) is 3. The van der Waals surface area contributed by atoms with Gasteiger partial charge in [-0.1, -0.05) is 60.1 Å². The summed E-state index contributed by atoms with van der Waals surface area (Å²) in [5.41, 5.74) is 6.02. The van der Waals surface area contributed by atoms with E-state index in [2.05, 4.69) is 11.4 Å².